The molecule has 0 bridgehead atoms. The van der Waals surface area contributed by atoms with E-state index in [1.54, 1.807) is 38.3 Å². The molecule has 34 heavy (non-hydrogen) atoms. The number of carbonyl (C=O) groups is 3. The highest BCUT2D eigenvalue weighted by Crippen LogP contribution is 2.29. The average Bonchev–Trinajstić information content (AvgIpc) is 2.83. The maximum Gasteiger partial charge on any atom is 0.338 e. The number of nitrogens with one attached hydrogen (secondary N) is 2. The lowest BCUT2D eigenvalue weighted by atomic mass is 9.95. The summed E-state index contributed by atoms with van der Waals surface area (Å²) in [6.45, 7) is 3.59. The molecule has 9 heteroatoms. The average molecular weight is 469 g/mol. The summed E-state index contributed by atoms with van der Waals surface area (Å²) in [7, 11) is 1.55. The first-order chi connectivity index (χ1) is 16.4. The van der Waals surface area contributed by atoms with Crippen LogP contribution in [0.15, 0.2) is 59.8 Å². The standard InChI is InChI=1S/C25H28N2O7/c1-4-32-24(29)22-19(15-34-21(28)13-14-33-20-8-6-5-7-16(20)2)26-25(30)27-23(22)17-9-11-18(31-3)12-10-17/h5-12,23H,4,13-15H2,1-3H3,(H2,26,27,30). The van der Waals surface area contributed by atoms with Crippen LogP contribution in [0.25, 0.3) is 0 Å². The van der Waals surface area contributed by atoms with Gasteiger partial charge in [-0.1, -0.05) is 30.3 Å². The molecule has 0 fully saturated rings. The molecule has 0 saturated heterocycles. The summed E-state index contributed by atoms with van der Waals surface area (Å²) in [4.78, 5) is 37.4. The Hall–Kier alpha value is -4.01. The third-order valence-electron chi connectivity index (χ3n) is 5.13. The molecule has 2 aromatic carbocycles. The minimum absolute atomic E-state index is 0.00442. The van der Waals surface area contributed by atoms with Gasteiger partial charge in [0.1, 0.15) is 18.1 Å². The number of benzene rings is 2. The fourth-order valence-corrected chi connectivity index (χ4v) is 3.42. The fourth-order valence-electron chi connectivity index (χ4n) is 3.42. The molecule has 0 spiro atoms. The van der Waals surface area contributed by atoms with E-state index in [0.717, 1.165) is 5.56 Å². The number of urea groups is 1. The molecule has 2 N–H and O–H groups in total. The van der Waals surface area contributed by atoms with Crippen LogP contribution in [0.3, 0.4) is 0 Å². The first-order valence-corrected chi connectivity index (χ1v) is 10.9. The number of methoxy groups -OCH3 is 1. The van der Waals surface area contributed by atoms with Crippen LogP contribution in [0.1, 0.15) is 30.5 Å². The molecule has 1 aliphatic rings. The normalized spacial score (nSPS) is 15.1. The molecule has 0 radical (unpaired) electrons. The van der Waals surface area contributed by atoms with Crippen molar-refractivity contribution in [2.24, 2.45) is 0 Å². The molecule has 1 aliphatic heterocycles. The third kappa shape index (κ3) is 6.28. The van der Waals surface area contributed by atoms with Crippen LogP contribution in [0.2, 0.25) is 0 Å². The zero-order valence-electron chi connectivity index (χ0n) is 19.4. The van der Waals surface area contributed by atoms with E-state index < -0.39 is 24.0 Å². The molecular weight excluding hydrogens is 440 g/mol. The van der Waals surface area contributed by atoms with Crippen molar-refractivity contribution in [2.45, 2.75) is 26.3 Å². The van der Waals surface area contributed by atoms with Crippen molar-refractivity contribution in [3.8, 4) is 11.5 Å². The molecule has 0 aliphatic carbocycles. The summed E-state index contributed by atoms with van der Waals surface area (Å²) in [5.74, 6) is 0.172. The first-order valence-electron chi connectivity index (χ1n) is 10.9. The zero-order chi connectivity index (χ0) is 24.5. The zero-order valence-corrected chi connectivity index (χ0v) is 19.4. The monoisotopic (exact) mass is 468 g/mol. The van der Waals surface area contributed by atoms with Crippen LogP contribution in [0.4, 0.5) is 4.79 Å². The second-order valence-corrected chi connectivity index (χ2v) is 7.44. The van der Waals surface area contributed by atoms with Gasteiger partial charge >= 0.3 is 18.0 Å². The highest BCUT2D eigenvalue weighted by atomic mass is 16.5. The largest absolute Gasteiger partial charge is 0.497 e. The number of para-hydroxylation sites is 1. The Morgan fingerprint density at radius 2 is 1.76 bits per heavy atom. The maximum atomic E-state index is 12.8. The highest BCUT2D eigenvalue weighted by molar-refractivity contribution is 5.95. The van der Waals surface area contributed by atoms with Crippen molar-refractivity contribution in [3.63, 3.8) is 0 Å². The molecule has 3 rings (SSSR count). The van der Waals surface area contributed by atoms with Gasteiger partial charge in [-0.3, -0.25) is 4.79 Å². The molecule has 1 unspecified atom stereocenters. The molecule has 180 valence electrons. The minimum atomic E-state index is -0.781. The van der Waals surface area contributed by atoms with Crippen LogP contribution in [-0.4, -0.2) is 44.9 Å². The smallest absolute Gasteiger partial charge is 0.338 e. The van der Waals surface area contributed by atoms with Crippen molar-refractivity contribution in [2.75, 3.05) is 26.9 Å². The molecule has 9 nitrogen and oxygen atoms in total. The van der Waals surface area contributed by atoms with E-state index in [1.165, 1.54) is 0 Å². The predicted molar refractivity (Wildman–Crippen MR) is 123 cm³/mol. The second kappa shape index (κ2) is 11.7. The topological polar surface area (TPSA) is 112 Å². The second-order valence-electron chi connectivity index (χ2n) is 7.44. The number of hydrogen-bond donors (Lipinski definition) is 2. The number of ether oxygens (including phenoxy) is 4. The molecule has 1 atom stereocenters. The SMILES string of the molecule is CCOC(=O)C1=C(COC(=O)CCOc2ccccc2C)NC(=O)NC1c1ccc(OC)cc1. The molecule has 0 saturated carbocycles. The van der Waals surface area contributed by atoms with Gasteiger partial charge in [0.15, 0.2) is 0 Å². The van der Waals surface area contributed by atoms with E-state index in [0.29, 0.717) is 17.1 Å². The molecule has 0 aromatic heterocycles. The Balaban J connectivity index is 1.72. The van der Waals surface area contributed by atoms with Gasteiger partial charge in [-0.15, -0.1) is 0 Å². The van der Waals surface area contributed by atoms with Crippen LogP contribution in [0, 0.1) is 6.92 Å². The van der Waals surface area contributed by atoms with Gasteiger partial charge in [-0.2, -0.15) is 0 Å². The lowest BCUT2D eigenvalue weighted by molar-refractivity contribution is -0.144. The summed E-state index contributed by atoms with van der Waals surface area (Å²) in [5.41, 5.74) is 1.93. The van der Waals surface area contributed by atoms with Gasteiger partial charge < -0.3 is 29.6 Å². The predicted octanol–water partition coefficient (Wildman–Crippen LogP) is 3.19. The van der Waals surface area contributed by atoms with Crippen LogP contribution < -0.4 is 20.1 Å². The van der Waals surface area contributed by atoms with Crippen molar-refractivity contribution >= 4 is 18.0 Å². The van der Waals surface area contributed by atoms with E-state index in [9.17, 15) is 14.4 Å². The lowest BCUT2D eigenvalue weighted by Crippen LogP contribution is -2.47. The first kappa shape index (κ1) is 24.6. The maximum absolute atomic E-state index is 12.8. The summed E-state index contributed by atoms with van der Waals surface area (Å²) < 4.78 is 21.3. The van der Waals surface area contributed by atoms with Crippen LogP contribution in [-0.2, 0) is 19.1 Å². The quantitative estimate of drug-likeness (QED) is 0.515. The van der Waals surface area contributed by atoms with Crippen LogP contribution >= 0.6 is 0 Å². The Labute approximate surface area is 198 Å². The van der Waals surface area contributed by atoms with Gasteiger partial charge in [0.25, 0.3) is 0 Å². The number of esters is 2. The van der Waals surface area contributed by atoms with Crippen molar-refractivity contribution in [3.05, 3.63) is 70.9 Å². The number of rotatable bonds is 10. The van der Waals surface area contributed by atoms with Gasteiger partial charge in [0, 0.05) is 0 Å². The lowest BCUT2D eigenvalue weighted by Gasteiger charge is -2.29. The summed E-state index contributed by atoms with van der Waals surface area (Å²) in [6, 6.07) is 13.1. The Morgan fingerprint density at radius 3 is 2.44 bits per heavy atom. The van der Waals surface area contributed by atoms with E-state index >= 15 is 0 Å². The van der Waals surface area contributed by atoms with Gasteiger partial charge in [0.05, 0.1) is 44.1 Å². The van der Waals surface area contributed by atoms with Crippen molar-refractivity contribution < 1.29 is 33.3 Å². The van der Waals surface area contributed by atoms with E-state index in [1.807, 2.05) is 31.2 Å². The third-order valence-corrected chi connectivity index (χ3v) is 5.13. The van der Waals surface area contributed by atoms with Gasteiger partial charge in [-0.25, -0.2) is 9.59 Å². The summed E-state index contributed by atoms with van der Waals surface area (Å²) in [5, 5.41) is 5.29. The Kier molecular flexibility index (Phi) is 8.50. The van der Waals surface area contributed by atoms with Gasteiger partial charge in [-0.05, 0) is 43.2 Å². The molecule has 1 heterocycles. The van der Waals surface area contributed by atoms with Gasteiger partial charge in [0.2, 0.25) is 0 Å². The number of hydrogen-bond acceptors (Lipinski definition) is 7. The Morgan fingerprint density at radius 1 is 1.03 bits per heavy atom. The van der Waals surface area contributed by atoms with E-state index in [4.69, 9.17) is 18.9 Å². The van der Waals surface area contributed by atoms with E-state index in [-0.39, 0.29) is 37.5 Å². The number of amides is 2. The summed E-state index contributed by atoms with van der Waals surface area (Å²) >= 11 is 0. The molecular formula is C25H28N2O7. The van der Waals surface area contributed by atoms with E-state index in [2.05, 4.69) is 10.6 Å². The molecule has 2 aromatic rings. The minimum Gasteiger partial charge on any atom is -0.497 e. The Bertz CT molecular complexity index is 1060. The number of aryl methyl sites for hydroxylation is 1. The molecule has 2 amide bonds. The summed E-state index contributed by atoms with van der Waals surface area (Å²) in [6.07, 6.45) is 0.00442. The van der Waals surface area contributed by atoms with Crippen molar-refractivity contribution in [1.82, 2.24) is 10.6 Å². The van der Waals surface area contributed by atoms with Crippen LogP contribution in [0.5, 0.6) is 11.5 Å². The van der Waals surface area contributed by atoms with Crippen molar-refractivity contribution in [1.29, 1.82) is 0 Å². The fraction of sp³-hybridized carbons (Fsp3) is 0.320. The number of carbonyl (C=O) groups excluding carboxylic acids is 3. The highest BCUT2D eigenvalue weighted by Gasteiger charge is 2.34.